The molecule has 1 aromatic carbocycles. The van der Waals surface area contributed by atoms with Gasteiger partial charge in [0, 0.05) is 17.3 Å². The smallest absolute Gasteiger partial charge is 0.131 e. The monoisotopic (exact) mass is 209 g/mol. The zero-order valence-electron chi connectivity index (χ0n) is 8.81. The molecule has 0 unspecified atom stereocenters. The minimum Gasteiger partial charge on any atom is -0.487 e. The molecule has 0 saturated carbocycles. The van der Waals surface area contributed by atoms with Gasteiger partial charge in [-0.15, -0.1) is 0 Å². The first kappa shape index (κ1) is 9.16. The number of pyridine rings is 1. The lowest BCUT2D eigenvalue weighted by Gasteiger charge is -2.06. The number of benzene rings is 1. The van der Waals surface area contributed by atoms with Crippen LogP contribution in [0.25, 0.3) is 5.57 Å². The molecule has 3 rings (SSSR count). The Morgan fingerprint density at radius 2 is 1.88 bits per heavy atom. The predicted molar refractivity (Wildman–Crippen MR) is 63.1 cm³/mol. The summed E-state index contributed by atoms with van der Waals surface area (Å²) >= 11 is 0. The summed E-state index contributed by atoms with van der Waals surface area (Å²) in [5.74, 6) is 0.880. The topological polar surface area (TPSA) is 22.1 Å². The quantitative estimate of drug-likeness (QED) is 0.665. The highest BCUT2D eigenvalue weighted by molar-refractivity contribution is 5.82. The van der Waals surface area contributed by atoms with Crippen LogP contribution in [0.1, 0.15) is 16.8 Å². The number of aromatic nitrogens is 1. The van der Waals surface area contributed by atoms with Gasteiger partial charge in [-0.05, 0) is 17.7 Å². The van der Waals surface area contributed by atoms with Gasteiger partial charge in [-0.1, -0.05) is 30.8 Å². The van der Waals surface area contributed by atoms with Crippen LogP contribution in [0.15, 0.2) is 49.2 Å². The average Bonchev–Trinajstić information content (AvgIpc) is 2.49. The summed E-state index contributed by atoms with van der Waals surface area (Å²) in [6, 6.07) is 11.9. The first-order chi connectivity index (χ1) is 7.86. The van der Waals surface area contributed by atoms with E-state index in [1.165, 1.54) is 0 Å². The Hall–Kier alpha value is -2.09. The fourth-order valence-corrected chi connectivity index (χ4v) is 1.96. The minimum atomic E-state index is 0.506. The molecule has 78 valence electrons. The number of nitrogens with zero attached hydrogens (tertiary/aromatic N) is 1. The first-order valence-electron chi connectivity index (χ1n) is 5.21. The van der Waals surface area contributed by atoms with Crippen LogP contribution in [0.3, 0.4) is 0 Å². The van der Waals surface area contributed by atoms with E-state index in [1.54, 1.807) is 6.20 Å². The van der Waals surface area contributed by atoms with Gasteiger partial charge in [-0.2, -0.15) is 0 Å². The van der Waals surface area contributed by atoms with Crippen molar-refractivity contribution in [1.29, 1.82) is 0 Å². The predicted octanol–water partition coefficient (Wildman–Crippen LogP) is 3.04. The van der Waals surface area contributed by atoms with E-state index in [0.29, 0.717) is 6.61 Å². The maximum atomic E-state index is 5.72. The molecule has 2 heteroatoms. The zero-order valence-corrected chi connectivity index (χ0v) is 8.81. The minimum absolute atomic E-state index is 0.506. The summed E-state index contributed by atoms with van der Waals surface area (Å²) < 4.78 is 5.72. The van der Waals surface area contributed by atoms with Crippen molar-refractivity contribution < 1.29 is 4.74 Å². The highest BCUT2D eigenvalue weighted by atomic mass is 16.5. The number of fused-ring (bicyclic) bond motifs is 2. The summed E-state index contributed by atoms with van der Waals surface area (Å²) in [5.41, 5.74) is 4.06. The fourth-order valence-electron chi connectivity index (χ4n) is 1.96. The summed E-state index contributed by atoms with van der Waals surface area (Å²) in [7, 11) is 0. The van der Waals surface area contributed by atoms with Gasteiger partial charge in [0.1, 0.15) is 12.4 Å². The van der Waals surface area contributed by atoms with Gasteiger partial charge in [-0.3, -0.25) is 4.98 Å². The summed E-state index contributed by atoms with van der Waals surface area (Å²) in [5, 5.41) is 0. The molecule has 0 amide bonds. The van der Waals surface area contributed by atoms with Gasteiger partial charge in [-0.25, -0.2) is 0 Å². The maximum Gasteiger partial charge on any atom is 0.131 e. The van der Waals surface area contributed by atoms with Gasteiger partial charge in [0.2, 0.25) is 0 Å². The van der Waals surface area contributed by atoms with Crippen LogP contribution in [0, 0.1) is 0 Å². The van der Waals surface area contributed by atoms with E-state index in [1.807, 2.05) is 36.4 Å². The molecule has 0 N–H and O–H groups in total. The van der Waals surface area contributed by atoms with E-state index < -0.39 is 0 Å². The summed E-state index contributed by atoms with van der Waals surface area (Å²) in [4.78, 5) is 4.33. The lowest BCUT2D eigenvalue weighted by atomic mass is 9.99. The highest BCUT2D eigenvalue weighted by Gasteiger charge is 2.17. The molecule has 0 fully saturated rings. The molecule has 0 aliphatic carbocycles. The Bertz CT molecular complexity index is 511. The Kier molecular flexibility index (Phi) is 2.00. The zero-order chi connectivity index (χ0) is 11.0. The number of para-hydroxylation sites is 1. The van der Waals surface area contributed by atoms with Crippen LogP contribution in [0.5, 0.6) is 5.75 Å². The largest absolute Gasteiger partial charge is 0.487 e. The normalized spacial score (nSPS) is 13.4. The van der Waals surface area contributed by atoms with E-state index >= 15 is 0 Å². The van der Waals surface area contributed by atoms with Crippen molar-refractivity contribution in [2.24, 2.45) is 0 Å². The van der Waals surface area contributed by atoms with Crippen molar-refractivity contribution in [3.63, 3.8) is 0 Å². The first-order valence-corrected chi connectivity index (χ1v) is 5.21. The number of hydrogen-bond donors (Lipinski definition) is 0. The number of hydrogen-bond acceptors (Lipinski definition) is 2. The van der Waals surface area contributed by atoms with E-state index in [9.17, 15) is 0 Å². The van der Waals surface area contributed by atoms with E-state index in [4.69, 9.17) is 4.74 Å². The lowest BCUT2D eigenvalue weighted by Crippen LogP contribution is -1.98. The molecule has 2 nitrogen and oxygen atoms in total. The molecule has 0 bridgehead atoms. The van der Waals surface area contributed by atoms with E-state index in [-0.39, 0.29) is 0 Å². The van der Waals surface area contributed by atoms with Crippen LogP contribution >= 0.6 is 0 Å². The molecular weight excluding hydrogens is 198 g/mol. The van der Waals surface area contributed by atoms with Crippen molar-refractivity contribution in [3.05, 3.63) is 66.0 Å². The van der Waals surface area contributed by atoms with Gasteiger partial charge >= 0.3 is 0 Å². The molecule has 0 atom stereocenters. The molecule has 16 heavy (non-hydrogen) atoms. The van der Waals surface area contributed by atoms with Gasteiger partial charge < -0.3 is 4.74 Å². The van der Waals surface area contributed by atoms with Crippen LogP contribution in [0.4, 0.5) is 0 Å². The third-order valence-electron chi connectivity index (χ3n) is 2.79. The standard InChI is InChI=1S/C14H11NO/c1-10-11-6-4-8-15-13(11)9-16-14-7-3-2-5-12(10)14/h2-8H,1,9H2. The van der Waals surface area contributed by atoms with Crippen LogP contribution in [-0.2, 0) is 6.61 Å². The Morgan fingerprint density at radius 1 is 1.06 bits per heavy atom. The second kappa shape index (κ2) is 3.49. The SMILES string of the molecule is C=C1c2ccccc2OCc2ncccc21. The third-order valence-corrected chi connectivity index (χ3v) is 2.79. The maximum absolute atomic E-state index is 5.72. The molecule has 1 aliphatic heterocycles. The second-order valence-electron chi connectivity index (χ2n) is 3.76. The highest BCUT2D eigenvalue weighted by Crippen LogP contribution is 2.34. The number of ether oxygens (including phenoxy) is 1. The summed E-state index contributed by atoms with van der Waals surface area (Å²) in [6.07, 6.45) is 1.78. The van der Waals surface area contributed by atoms with Crippen molar-refractivity contribution in [3.8, 4) is 5.75 Å². The Balaban J connectivity index is 2.22. The molecule has 1 aromatic heterocycles. The molecule has 2 heterocycles. The van der Waals surface area contributed by atoms with Crippen molar-refractivity contribution >= 4 is 5.57 Å². The van der Waals surface area contributed by atoms with Crippen molar-refractivity contribution in [2.75, 3.05) is 0 Å². The number of rotatable bonds is 0. The van der Waals surface area contributed by atoms with Crippen LogP contribution in [0.2, 0.25) is 0 Å². The van der Waals surface area contributed by atoms with Gasteiger partial charge in [0.25, 0.3) is 0 Å². The molecule has 0 spiro atoms. The van der Waals surface area contributed by atoms with Gasteiger partial charge in [0.05, 0.1) is 5.69 Å². The molecular formula is C14H11NO. The molecule has 0 radical (unpaired) electrons. The fraction of sp³-hybridized carbons (Fsp3) is 0.0714. The Morgan fingerprint density at radius 3 is 2.81 bits per heavy atom. The molecule has 1 aliphatic rings. The lowest BCUT2D eigenvalue weighted by molar-refractivity contribution is 0.302. The average molecular weight is 209 g/mol. The van der Waals surface area contributed by atoms with Crippen molar-refractivity contribution in [1.82, 2.24) is 4.98 Å². The van der Waals surface area contributed by atoms with Gasteiger partial charge in [0.15, 0.2) is 0 Å². The van der Waals surface area contributed by atoms with Crippen LogP contribution < -0.4 is 4.74 Å². The van der Waals surface area contributed by atoms with Crippen LogP contribution in [-0.4, -0.2) is 4.98 Å². The second-order valence-corrected chi connectivity index (χ2v) is 3.76. The summed E-state index contributed by atoms with van der Waals surface area (Å²) in [6.45, 7) is 4.64. The molecule has 0 saturated heterocycles. The van der Waals surface area contributed by atoms with E-state index in [0.717, 1.165) is 28.1 Å². The molecule has 2 aromatic rings. The van der Waals surface area contributed by atoms with E-state index in [2.05, 4.69) is 11.6 Å². The third kappa shape index (κ3) is 1.31. The van der Waals surface area contributed by atoms with Crippen molar-refractivity contribution in [2.45, 2.75) is 6.61 Å². The Labute approximate surface area is 94.2 Å².